The molecule has 0 radical (unpaired) electrons. The van der Waals surface area contributed by atoms with Crippen molar-refractivity contribution in [3.63, 3.8) is 0 Å². The molecule has 0 bridgehead atoms. The van der Waals surface area contributed by atoms with Gasteiger partial charge in [-0.2, -0.15) is 0 Å². The van der Waals surface area contributed by atoms with Gasteiger partial charge in [-0.15, -0.1) is 0 Å². The molecular formula is C22H22N2O. The second kappa shape index (κ2) is 7.31. The molecule has 1 amide bonds. The van der Waals surface area contributed by atoms with Crippen molar-refractivity contribution in [1.29, 1.82) is 0 Å². The lowest BCUT2D eigenvalue weighted by Gasteiger charge is -2.21. The summed E-state index contributed by atoms with van der Waals surface area (Å²) in [6, 6.07) is 19.8. The number of carbonyl (C=O) groups excluding carboxylic acids is 1. The summed E-state index contributed by atoms with van der Waals surface area (Å²) in [6.07, 6.45) is 1.62. The Morgan fingerprint density at radius 2 is 1.64 bits per heavy atom. The van der Waals surface area contributed by atoms with Crippen molar-refractivity contribution in [1.82, 2.24) is 10.3 Å². The molecule has 3 heteroatoms. The van der Waals surface area contributed by atoms with Crippen molar-refractivity contribution in [2.75, 3.05) is 0 Å². The first-order chi connectivity index (χ1) is 12.0. The highest BCUT2D eigenvalue weighted by atomic mass is 16.1. The highest BCUT2D eigenvalue weighted by Crippen LogP contribution is 2.24. The van der Waals surface area contributed by atoms with Crippen LogP contribution in [0.25, 0.3) is 0 Å². The van der Waals surface area contributed by atoms with E-state index in [9.17, 15) is 4.79 Å². The average molecular weight is 330 g/mol. The number of carbonyl (C=O) groups is 1. The highest BCUT2D eigenvalue weighted by Gasteiger charge is 2.18. The van der Waals surface area contributed by atoms with Gasteiger partial charge in [0, 0.05) is 11.9 Å². The molecule has 2 aromatic carbocycles. The normalized spacial score (nSPS) is 11.8. The highest BCUT2D eigenvalue weighted by molar-refractivity contribution is 5.94. The fourth-order valence-electron chi connectivity index (χ4n) is 2.77. The zero-order valence-electron chi connectivity index (χ0n) is 14.8. The van der Waals surface area contributed by atoms with E-state index in [0.29, 0.717) is 5.56 Å². The van der Waals surface area contributed by atoms with Gasteiger partial charge in [0.05, 0.1) is 11.6 Å². The Kier molecular flexibility index (Phi) is 4.94. The van der Waals surface area contributed by atoms with E-state index in [1.165, 1.54) is 11.1 Å². The summed E-state index contributed by atoms with van der Waals surface area (Å²) in [5.74, 6) is -0.125. The van der Waals surface area contributed by atoms with Gasteiger partial charge in [0.2, 0.25) is 0 Å². The first kappa shape index (κ1) is 16.9. The fourth-order valence-corrected chi connectivity index (χ4v) is 2.77. The lowest BCUT2D eigenvalue weighted by Crippen LogP contribution is -2.29. The minimum Gasteiger partial charge on any atom is -0.341 e. The predicted molar refractivity (Wildman–Crippen MR) is 101 cm³/mol. The van der Waals surface area contributed by atoms with Crippen LogP contribution in [-0.4, -0.2) is 10.9 Å². The van der Waals surface area contributed by atoms with Gasteiger partial charge in [0.25, 0.3) is 5.91 Å². The van der Waals surface area contributed by atoms with Gasteiger partial charge < -0.3 is 5.32 Å². The van der Waals surface area contributed by atoms with Crippen LogP contribution in [0.5, 0.6) is 0 Å². The maximum absolute atomic E-state index is 12.7. The van der Waals surface area contributed by atoms with E-state index in [1.54, 1.807) is 12.3 Å². The van der Waals surface area contributed by atoms with Gasteiger partial charge in [-0.1, -0.05) is 48.5 Å². The van der Waals surface area contributed by atoms with Crippen LogP contribution in [0.4, 0.5) is 0 Å². The number of nitrogens with one attached hydrogen (secondary N) is 1. The maximum atomic E-state index is 12.7. The van der Waals surface area contributed by atoms with Gasteiger partial charge >= 0.3 is 0 Å². The molecule has 0 aliphatic rings. The maximum Gasteiger partial charge on any atom is 0.253 e. The molecule has 1 atom stereocenters. The molecule has 1 N–H and O–H groups in total. The number of aromatic nitrogens is 1. The largest absolute Gasteiger partial charge is 0.341 e. The van der Waals surface area contributed by atoms with Crippen molar-refractivity contribution < 1.29 is 4.79 Å². The molecule has 0 spiro atoms. The van der Waals surface area contributed by atoms with Gasteiger partial charge in [-0.25, -0.2) is 0 Å². The van der Waals surface area contributed by atoms with E-state index in [0.717, 1.165) is 16.8 Å². The van der Waals surface area contributed by atoms with Crippen LogP contribution in [0, 0.1) is 20.8 Å². The molecule has 0 fully saturated rings. The minimum atomic E-state index is -0.200. The molecule has 0 unspecified atom stereocenters. The average Bonchev–Trinajstić information content (AvgIpc) is 2.63. The third-order valence-corrected chi connectivity index (χ3v) is 4.45. The summed E-state index contributed by atoms with van der Waals surface area (Å²) in [6.45, 7) is 6.09. The van der Waals surface area contributed by atoms with E-state index >= 15 is 0 Å². The Balaban J connectivity index is 1.95. The monoisotopic (exact) mass is 330 g/mol. The summed E-state index contributed by atoms with van der Waals surface area (Å²) in [7, 11) is 0. The summed E-state index contributed by atoms with van der Waals surface area (Å²) < 4.78 is 0. The molecule has 3 rings (SSSR count). The van der Waals surface area contributed by atoms with E-state index < -0.39 is 0 Å². The molecule has 1 aromatic heterocycles. The molecular weight excluding hydrogens is 308 g/mol. The van der Waals surface area contributed by atoms with Crippen LogP contribution in [0.2, 0.25) is 0 Å². The van der Waals surface area contributed by atoms with Crippen molar-refractivity contribution in [2.24, 2.45) is 0 Å². The first-order valence-electron chi connectivity index (χ1n) is 8.40. The van der Waals surface area contributed by atoms with Crippen molar-refractivity contribution in [2.45, 2.75) is 26.8 Å². The molecule has 1 heterocycles. The minimum absolute atomic E-state index is 0.125. The molecule has 126 valence electrons. The number of hydrogen-bond donors (Lipinski definition) is 1. The SMILES string of the molecule is Cc1ccc(C(=O)N[C@H](c2ccccc2)c2ccc(C)c(C)c2)cn1. The molecule has 25 heavy (non-hydrogen) atoms. The van der Waals surface area contributed by atoms with Crippen molar-refractivity contribution >= 4 is 5.91 Å². The topological polar surface area (TPSA) is 42.0 Å². The second-order valence-corrected chi connectivity index (χ2v) is 6.35. The third kappa shape index (κ3) is 3.94. The van der Waals surface area contributed by atoms with Crippen molar-refractivity contribution in [3.05, 3.63) is 100 Å². The van der Waals surface area contributed by atoms with Crippen molar-refractivity contribution in [3.8, 4) is 0 Å². The van der Waals surface area contributed by atoms with E-state index in [-0.39, 0.29) is 11.9 Å². The van der Waals surface area contributed by atoms with E-state index in [1.807, 2.05) is 43.3 Å². The number of rotatable bonds is 4. The van der Waals surface area contributed by atoms with E-state index in [4.69, 9.17) is 0 Å². The van der Waals surface area contributed by atoms with Crippen LogP contribution >= 0.6 is 0 Å². The molecule has 3 nitrogen and oxygen atoms in total. The number of aryl methyl sites for hydroxylation is 3. The Hall–Kier alpha value is -2.94. The summed E-state index contributed by atoms with van der Waals surface area (Å²) in [4.78, 5) is 16.9. The number of amides is 1. The molecule has 0 aliphatic heterocycles. The summed E-state index contributed by atoms with van der Waals surface area (Å²) >= 11 is 0. The molecule has 0 saturated heterocycles. The van der Waals surface area contributed by atoms with Crippen LogP contribution in [0.1, 0.15) is 44.3 Å². The quantitative estimate of drug-likeness (QED) is 0.764. The van der Waals surface area contributed by atoms with Gasteiger partial charge in [0.15, 0.2) is 0 Å². The molecule has 0 aliphatic carbocycles. The molecule has 0 saturated carbocycles. The summed E-state index contributed by atoms with van der Waals surface area (Å²) in [5, 5.41) is 3.15. The lowest BCUT2D eigenvalue weighted by atomic mass is 9.95. The van der Waals surface area contributed by atoms with Crippen LogP contribution in [0.15, 0.2) is 66.9 Å². The zero-order chi connectivity index (χ0) is 17.8. The second-order valence-electron chi connectivity index (χ2n) is 6.35. The fraction of sp³-hybridized carbons (Fsp3) is 0.182. The summed E-state index contributed by atoms with van der Waals surface area (Å²) in [5.41, 5.74) is 6.04. The zero-order valence-corrected chi connectivity index (χ0v) is 14.8. The predicted octanol–water partition coefficient (Wildman–Crippen LogP) is 4.53. The Morgan fingerprint density at radius 1 is 0.880 bits per heavy atom. The lowest BCUT2D eigenvalue weighted by molar-refractivity contribution is 0.0942. The Morgan fingerprint density at radius 3 is 2.28 bits per heavy atom. The third-order valence-electron chi connectivity index (χ3n) is 4.45. The van der Waals surface area contributed by atoms with Crippen LogP contribution in [-0.2, 0) is 0 Å². The van der Waals surface area contributed by atoms with Gasteiger partial charge in [0.1, 0.15) is 0 Å². The number of hydrogen-bond acceptors (Lipinski definition) is 2. The van der Waals surface area contributed by atoms with Crippen LogP contribution < -0.4 is 5.32 Å². The smallest absolute Gasteiger partial charge is 0.253 e. The Bertz CT molecular complexity index is 870. The van der Waals surface area contributed by atoms with Gasteiger partial charge in [-0.05, 0) is 55.2 Å². The number of pyridine rings is 1. The number of benzene rings is 2. The molecule has 3 aromatic rings. The Labute approximate surface area is 148 Å². The standard InChI is InChI=1S/C22H22N2O/c1-15-9-11-19(13-16(15)2)21(18-7-5-4-6-8-18)24-22(25)20-12-10-17(3)23-14-20/h4-14,21H,1-3H3,(H,24,25)/t21-/m1/s1. The van der Waals surface area contributed by atoms with E-state index in [2.05, 4.69) is 42.3 Å². The van der Waals surface area contributed by atoms with Gasteiger partial charge in [-0.3, -0.25) is 9.78 Å². The first-order valence-corrected chi connectivity index (χ1v) is 8.40. The van der Waals surface area contributed by atoms with Crippen LogP contribution in [0.3, 0.4) is 0 Å². The number of nitrogens with zero attached hydrogens (tertiary/aromatic N) is 1.